The molecule has 0 spiro atoms. The first-order chi connectivity index (χ1) is 9.95. The zero-order valence-corrected chi connectivity index (χ0v) is 14.1. The van der Waals surface area contributed by atoms with Gasteiger partial charge >= 0.3 is 0 Å². The molecule has 0 saturated heterocycles. The van der Waals surface area contributed by atoms with Gasteiger partial charge in [-0.15, -0.1) is 0 Å². The van der Waals surface area contributed by atoms with Gasteiger partial charge in [0.05, 0.1) is 10.8 Å². The summed E-state index contributed by atoms with van der Waals surface area (Å²) in [5, 5.41) is 6.70. The van der Waals surface area contributed by atoms with Crippen LogP contribution in [0.25, 0.3) is 0 Å². The van der Waals surface area contributed by atoms with Crippen LogP contribution in [0.2, 0.25) is 5.02 Å². The van der Waals surface area contributed by atoms with Crippen molar-refractivity contribution < 1.29 is 9.18 Å². The number of hydrogen-bond donors (Lipinski definition) is 1. The molecule has 0 saturated carbocycles. The van der Waals surface area contributed by atoms with E-state index in [1.807, 2.05) is 0 Å². The molecule has 0 atom stereocenters. The number of carbonyl (C=O) groups is 1. The highest BCUT2D eigenvalue weighted by molar-refractivity contribution is 8.01. The Balaban J connectivity index is 1.89. The van der Waals surface area contributed by atoms with E-state index in [4.69, 9.17) is 23.8 Å². The molecule has 21 heavy (non-hydrogen) atoms. The molecule has 1 heterocycles. The molecule has 0 radical (unpaired) electrons. The Morgan fingerprint density at radius 2 is 2.38 bits per heavy atom. The van der Waals surface area contributed by atoms with E-state index in [2.05, 4.69) is 10.2 Å². The third kappa shape index (κ3) is 4.77. The summed E-state index contributed by atoms with van der Waals surface area (Å²) in [6.07, 6.45) is 0. The predicted molar refractivity (Wildman–Crippen MR) is 85.9 cm³/mol. The summed E-state index contributed by atoms with van der Waals surface area (Å²) in [6.45, 7) is 0.323. The van der Waals surface area contributed by atoms with Crippen LogP contribution in [0, 0.1) is 9.77 Å². The Morgan fingerprint density at radius 3 is 3.00 bits per heavy atom. The number of nitrogens with one attached hydrogen (secondary N) is 1. The summed E-state index contributed by atoms with van der Waals surface area (Å²) in [5.74, 6) is -0.306. The van der Waals surface area contributed by atoms with Crippen LogP contribution in [-0.2, 0) is 11.3 Å². The molecule has 1 aromatic carbocycles. The number of nitrogens with zero attached hydrogens (tertiary/aromatic N) is 2. The van der Waals surface area contributed by atoms with Crippen molar-refractivity contribution >= 4 is 52.8 Å². The van der Waals surface area contributed by atoms with Crippen LogP contribution < -0.4 is 0 Å². The molecule has 2 aromatic rings. The second-order valence-corrected chi connectivity index (χ2v) is 7.46. The first-order valence-electron chi connectivity index (χ1n) is 5.82. The molecule has 0 aliphatic rings. The van der Waals surface area contributed by atoms with Crippen LogP contribution in [0.15, 0.2) is 22.5 Å². The molecule has 1 amide bonds. The molecule has 0 fully saturated rings. The van der Waals surface area contributed by atoms with Crippen LogP contribution >= 0.6 is 46.9 Å². The highest BCUT2D eigenvalue weighted by Crippen LogP contribution is 2.21. The summed E-state index contributed by atoms with van der Waals surface area (Å²) in [6, 6.07) is 4.51. The highest BCUT2D eigenvalue weighted by atomic mass is 35.5. The minimum atomic E-state index is -0.485. The summed E-state index contributed by atoms with van der Waals surface area (Å²) in [4.78, 5) is 13.5. The van der Waals surface area contributed by atoms with Crippen molar-refractivity contribution in [3.05, 3.63) is 38.6 Å². The van der Waals surface area contributed by atoms with Gasteiger partial charge in [-0.2, -0.15) is 5.10 Å². The number of amides is 1. The Labute approximate surface area is 139 Å². The lowest BCUT2D eigenvalue weighted by Gasteiger charge is -2.16. The van der Waals surface area contributed by atoms with Gasteiger partial charge in [-0.25, -0.2) is 4.39 Å². The average Bonchev–Trinajstić information content (AvgIpc) is 2.86. The third-order valence-electron chi connectivity index (χ3n) is 2.57. The maximum absolute atomic E-state index is 13.3. The Morgan fingerprint density at radius 1 is 1.62 bits per heavy atom. The van der Waals surface area contributed by atoms with Gasteiger partial charge in [0.1, 0.15) is 5.82 Å². The largest absolute Gasteiger partial charge is 0.341 e. The number of thioether (sulfide) groups is 1. The number of aromatic nitrogens is 2. The Kier molecular flexibility index (Phi) is 5.74. The maximum Gasteiger partial charge on any atom is 0.233 e. The molecule has 1 N–H and O–H groups in total. The van der Waals surface area contributed by atoms with Crippen LogP contribution in [0.3, 0.4) is 0 Å². The summed E-state index contributed by atoms with van der Waals surface area (Å²) >= 11 is 13.2. The van der Waals surface area contributed by atoms with E-state index in [0.717, 1.165) is 4.34 Å². The van der Waals surface area contributed by atoms with Crippen molar-refractivity contribution in [1.82, 2.24) is 15.1 Å². The second-order valence-electron chi connectivity index (χ2n) is 4.17. The summed E-state index contributed by atoms with van der Waals surface area (Å²) < 4.78 is 14.6. The number of hydrogen-bond acceptors (Lipinski definition) is 5. The monoisotopic (exact) mass is 363 g/mol. The van der Waals surface area contributed by atoms with E-state index in [1.54, 1.807) is 13.1 Å². The van der Waals surface area contributed by atoms with Gasteiger partial charge in [0.15, 0.2) is 8.29 Å². The fraction of sp³-hybridized carbons (Fsp3) is 0.250. The van der Waals surface area contributed by atoms with E-state index < -0.39 is 5.82 Å². The first kappa shape index (κ1) is 16.4. The first-order valence-corrected chi connectivity index (χ1v) is 8.40. The Hall–Kier alpha value is -0.960. The van der Waals surface area contributed by atoms with E-state index in [0.29, 0.717) is 16.1 Å². The Bertz CT molecular complexity index is 703. The number of carbonyl (C=O) groups excluding carboxylic acids is 1. The minimum absolute atomic E-state index is 0.0722. The smallest absolute Gasteiger partial charge is 0.233 e. The van der Waals surface area contributed by atoms with Gasteiger partial charge in [0.25, 0.3) is 0 Å². The number of benzene rings is 1. The maximum atomic E-state index is 13.3. The van der Waals surface area contributed by atoms with Gasteiger partial charge in [-0.1, -0.05) is 40.8 Å². The van der Waals surface area contributed by atoms with Crippen molar-refractivity contribution in [2.24, 2.45) is 0 Å². The molecule has 2 rings (SSSR count). The van der Waals surface area contributed by atoms with Crippen LogP contribution in [-0.4, -0.2) is 33.8 Å². The SMILES string of the molecule is CN(Cc1ccc(Cl)c(F)c1)C(=O)CSc1n[nH]c(=S)s1. The molecule has 4 nitrogen and oxygen atoms in total. The van der Waals surface area contributed by atoms with E-state index in [9.17, 15) is 9.18 Å². The lowest BCUT2D eigenvalue weighted by atomic mass is 10.2. The second kappa shape index (κ2) is 7.35. The van der Waals surface area contributed by atoms with Crippen LogP contribution in [0.1, 0.15) is 5.56 Å². The van der Waals surface area contributed by atoms with Gasteiger partial charge < -0.3 is 4.90 Å². The summed E-state index contributed by atoms with van der Waals surface area (Å²) in [5.41, 5.74) is 0.688. The lowest BCUT2D eigenvalue weighted by molar-refractivity contribution is -0.127. The fourth-order valence-corrected chi connectivity index (χ4v) is 3.65. The van der Waals surface area contributed by atoms with Crippen LogP contribution in [0.5, 0.6) is 0 Å². The topological polar surface area (TPSA) is 49.0 Å². The minimum Gasteiger partial charge on any atom is -0.341 e. The number of rotatable bonds is 5. The van der Waals surface area contributed by atoms with Crippen molar-refractivity contribution in [2.45, 2.75) is 10.9 Å². The number of aromatic amines is 1. The third-order valence-corrected chi connectivity index (χ3v) is 5.09. The van der Waals surface area contributed by atoms with Crippen molar-refractivity contribution in [3.63, 3.8) is 0 Å². The average molecular weight is 364 g/mol. The molecule has 0 unspecified atom stereocenters. The van der Waals surface area contributed by atoms with Gasteiger partial charge in [0.2, 0.25) is 5.91 Å². The van der Waals surface area contributed by atoms with E-state index in [-0.39, 0.29) is 16.7 Å². The summed E-state index contributed by atoms with van der Waals surface area (Å²) in [7, 11) is 1.67. The van der Waals surface area contributed by atoms with Gasteiger partial charge in [0, 0.05) is 13.6 Å². The molecular formula is C12H11ClFN3OS3. The van der Waals surface area contributed by atoms with Crippen molar-refractivity contribution in [1.29, 1.82) is 0 Å². The zero-order valence-electron chi connectivity index (χ0n) is 10.9. The normalized spacial score (nSPS) is 10.6. The number of halogens is 2. The highest BCUT2D eigenvalue weighted by Gasteiger charge is 2.12. The van der Waals surface area contributed by atoms with E-state index >= 15 is 0 Å². The standard InChI is InChI=1S/C12H11ClFN3OS3/c1-17(5-7-2-3-8(13)9(14)4-7)10(18)6-20-12-16-15-11(19)21-12/h2-4H,5-6H2,1H3,(H,15,19). The lowest BCUT2D eigenvalue weighted by Crippen LogP contribution is -2.27. The van der Waals surface area contributed by atoms with Gasteiger partial charge in [-0.3, -0.25) is 9.89 Å². The quantitative estimate of drug-likeness (QED) is 0.649. The van der Waals surface area contributed by atoms with Crippen molar-refractivity contribution in [3.8, 4) is 0 Å². The molecule has 1 aromatic heterocycles. The molecule has 0 aliphatic carbocycles. The molecule has 112 valence electrons. The molecule has 0 aliphatic heterocycles. The molecule has 9 heteroatoms. The number of H-pyrrole nitrogens is 1. The van der Waals surface area contributed by atoms with Crippen LogP contribution in [0.4, 0.5) is 4.39 Å². The fourth-order valence-electron chi connectivity index (χ4n) is 1.51. The molecular weight excluding hydrogens is 353 g/mol. The van der Waals surface area contributed by atoms with E-state index in [1.165, 1.54) is 40.1 Å². The molecule has 0 bridgehead atoms. The van der Waals surface area contributed by atoms with Gasteiger partial charge in [-0.05, 0) is 29.9 Å². The predicted octanol–water partition coefficient (Wildman–Crippen LogP) is 3.74. The van der Waals surface area contributed by atoms with Crippen molar-refractivity contribution in [2.75, 3.05) is 12.8 Å². The zero-order chi connectivity index (χ0) is 15.4.